The minimum atomic E-state index is -0.281. The van der Waals surface area contributed by atoms with Crippen LogP contribution in [0.4, 0.5) is 4.39 Å². The molecule has 2 atom stereocenters. The third-order valence-corrected chi connectivity index (χ3v) is 5.19. The molecule has 1 aliphatic heterocycles. The lowest BCUT2D eigenvalue weighted by Crippen LogP contribution is -2.45. The number of rotatable bonds is 3. The molecule has 23 heavy (non-hydrogen) atoms. The van der Waals surface area contributed by atoms with Crippen LogP contribution in [0.15, 0.2) is 29.6 Å². The van der Waals surface area contributed by atoms with Crippen LogP contribution >= 0.6 is 11.3 Å². The minimum Gasteiger partial charge on any atom is -0.337 e. The molecular weight excluding hydrogens is 313 g/mol. The molecule has 122 valence electrons. The van der Waals surface area contributed by atoms with Crippen molar-refractivity contribution in [3.8, 4) is 10.6 Å². The average molecular weight is 333 g/mol. The van der Waals surface area contributed by atoms with Crippen LogP contribution in [0, 0.1) is 11.7 Å². The van der Waals surface area contributed by atoms with Crippen molar-refractivity contribution in [3.05, 3.63) is 41.2 Å². The summed E-state index contributed by atoms with van der Waals surface area (Å²) in [5.41, 5.74) is 7.26. The van der Waals surface area contributed by atoms with Gasteiger partial charge in [-0.25, -0.2) is 9.37 Å². The number of carbonyl (C=O) groups excluding carboxylic acids is 1. The van der Waals surface area contributed by atoms with E-state index >= 15 is 0 Å². The molecule has 1 amide bonds. The van der Waals surface area contributed by atoms with E-state index < -0.39 is 0 Å². The van der Waals surface area contributed by atoms with Crippen LogP contribution in [0.5, 0.6) is 0 Å². The largest absolute Gasteiger partial charge is 0.337 e. The number of thiazole rings is 1. The van der Waals surface area contributed by atoms with Crippen LogP contribution < -0.4 is 5.73 Å². The van der Waals surface area contributed by atoms with Crippen LogP contribution in [0.2, 0.25) is 0 Å². The van der Waals surface area contributed by atoms with Gasteiger partial charge in [-0.3, -0.25) is 4.79 Å². The Morgan fingerprint density at radius 2 is 2.17 bits per heavy atom. The van der Waals surface area contributed by atoms with Gasteiger partial charge in [-0.1, -0.05) is 0 Å². The van der Waals surface area contributed by atoms with Gasteiger partial charge >= 0.3 is 0 Å². The molecule has 0 bridgehead atoms. The van der Waals surface area contributed by atoms with Crippen molar-refractivity contribution >= 4 is 17.2 Å². The number of hydrogen-bond donors (Lipinski definition) is 1. The Morgan fingerprint density at radius 3 is 2.87 bits per heavy atom. The van der Waals surface area contributed by atoms with Gasteiger partial charge in [0.15, 0.2) is 0 Å². The summed E-state index contributed by atoms with van der Waals surface area (Å²) in [6.07, 6.45) is 2.05. The second-order valence-corrected chi connectivity index (χ2v) is 6.92. The number of halogens is 1. The molecule has 4 nitrogen and oxygen atoms in total. The first-order chi connectivity index (χ1) is 11.0. The molecule has 1 aromatic heterocycles. The van der Waals surface area contributed by atoms with E-state index in [9.17, 15) is 9.18 Å². The van der Waals surface area contributed by atoms with E-state index in [-0.39, 0.29) is 17.8 Å². The maximum absolute atomic E-state index is 13.0. The van der Waals surface area contributed by atoms with E-state index in [4.69, 9.17) is 5.73 Å². The van der Waals surface area contributed by atoms with Crippen molar-refractivity contribution in [2.24, 2.45) is 11.7 Å². The summed E-state index contributed by atoms with van der Waals surface area (Å²) in [7, 11) is 0. The monoisotopic (exact) mass is 333 g/mol. The van der Waals surface area contributed by atoms with Crippen LogP contribution in [-0.4, -0.2) is 34.9 Å². The number of benzene rings is 1. The summed E-state index contributed by atoms with van der Waals surface area (Å²) >= 11 is 1.40. The first kappa shape index (κ1) is 16.1. The molecule has 2 unspecified atom stereocenters. The Bertz CT molecular complexity index is 683. The second kappa shape index (κ2) is 6.76. The van der Waals surface area contributed by atoms with Gasteiger partial charge in [0, 0.05) is 30.1 Å². The van der Waals surface area contributed by atoms with Crippen LogP contribution in [-0.2, 0) is 0 Å². The van der Waals surface area contributed by atoms with Gasteiger partial charge in [0.1, 0.15) is 16.5 Å². The average Bonchev–Trinajstić information content (AvgIpc) is 3.05. The lowest BCUT2D eigenvalue weighted by atomic mass is 9.92. The molecule has 0 radical (unpaired) electrons. The number of nitrogens with zero attached hydrogens (tertiary/aromatic N) is 2. The summed E-state index contributed by atoms with van der Waals surface area (Å²) in [5, 5.41) is 2.50. The van der Waals surface area contributed by atoms with Crippen molar-refractivity contribution in [1.29, 1.82) is 0 Å². The van der Waals surface area contributed by atoms with Gasteiger partial charge in [0.2, 0.25) is 0 Å². The fourth-order valence-electron chi connectivity index (χ4n) is 2.88. The number of hydrogen-bond acceptors (Lipinski definition) is 4. The normalized spacial score (nSPS) is 19.6. The van der Waals surface area contributed by atoms with Crippen molar-refractivity contribution < 1.29 is 9.18 Å². The topological polar surface area (TPSA) is 59.2 Å². The van der Waals surface area contributed by atoms with E-state index in [1.165, 1.54) is 23.5 Å². The van der Waals surface area contributed by atoms with Crippen molar-refractivity contribution in [2.75, 3.05) is 13.1 Å². The van der Waals surface area contributed by atoms with Gasteiger partial charge in [-0.05, 0) is 49.9 Å². The Balaban J connectivity index is 1.74. The first-order valence-corrected chi connectivity index (χ1v) is 8.69. The predicted molar refractivity (Wildman–Crippen MR) is 89.8 cm³/mol. The molecule has 1 saturated heterocycles. The highest BCUT2D eigenvalue weighted by Crippen LogP contribution is 2.26. The second-order valence-electron chi connectivity index (χ2n) is 6.06. The van der Waals surface area contributed by atoms with E-state index in [1.54, 1.807) is 17.5 Å². The summed E-state index contributed by atoms with van der Waals surface area (Å²) in [5.74, 6) is 0.0275. The molecule has 0 spiro atoms. The number of carbonyl (C=O) groups is 1. The Kier molecular flexibility index (Phi) is 4.73. The zero-order valence-corrected chi connectivity index (χ0v) is 13.9. The number of piperidine rings is 1. The molecule has 1 aromatic carbocycles. The molecule has 1 fully saturated rings. The van der Waals surface area contributed by atoms with E-state index in [0.717, 1.165) is 30.0 Å². The fourth-order valence-corrected chi connectivity index (χ4v) is 3.68. The van der Waals surface area contributed by atoms with Crippen molar-refractivity contribution in [2.45, 2.75) is 25.8 Å². The Labute approximate surface area is 139 Å². The number of likely N-dealkylation sites (tertiary alicyclic amines) is 1. The van der Waals surface area contributed by atoms with Gasteiger partial charge in [-0.2, -0.15) is 0 Å². The summed E-state index contributed by atoms with van der Waals surface area (Å²) in [6.45, 7) is 3.44. The molecule has 0 saturated carbocycles. The molecule has 2 N–H and O–H groups in total. The minimum absolute atomic E-state index is 0.0417. The van der Waals surface area contributed by atoms with E-state index in [0.29, 0.717) is 18.2 Å². The number of amides is 1. The van der Waals surface area contributed by atoms with Crippen molar-refractivity contribution in [1.82, 2.24) is 9.88 Å². The Hall–Kier alpha value is -1.79. The van der Waals surface area contributed by atoms with Crippen LogP contribution in [0.3, 0.4) is 0 Å². The zero-order chi connectivity index (χ0) is 16.4. The van der Waals surface area contributed by atoms with Crippen LogP contribution in [0.25, 0.3) is 10.6 Å². The van der Waals surface area contributed by atoms with Gasteiger partial charge in [-0.15, -0.1) is 11.3 Å². The predicted octanol–water partition coefficient (Wildman–Crippen LogP) is 3.15. The number of aromatic nitrogens is 1. The third-order valence-electron chi connectivity index (χ3n) is 4.30. The highest BCUT2D eigenvalue weighted by atomic mass is 32.1. The molecule has 0 aliphatic carbocycles. The quantitative estimate of drug-likeness (QED) is 0.939. The Morgan fingerprint density at radius 1 is 1.43 bits per heavy atom. The standard InChI is InChI=1S/C17H20FN3OS/c1-11(19)13-3-2-8-21(9-13)17(22)15-10-23-16(20-15)12-4-6-14(18)7-5-12/h4-7,10-11,13H,2-3,8-9,19H2,1H3. The molecule has 3 rings (SSSR count). The molecule has 1 aliphatic rings. The molecular formula is C17H20FN3OS. The lowest BCUT2D eigenvalue weighted by molar-refractivity contribution is 0.0656. The highest BCUT2D eigenvalue weighted by Gasteiger charge is 2.27. The highest BCUT2D eigenvalue weighted by molar-refractivity contribution is 7.13. The van der Waals surface area contributed by atoms with Gasteiger partial charge in [0.05, 0.1) is 0 Å². The SMILES string of the molecule is CC(N)C1CCCN(C(=O)c2csc(-c3ccc(F)cc3)n2)C1. The molecule has 2 heterocycles. The molecule has 2 aromatic rings. The maximum atomic E-state index is 13.0. The zero-order valence-electron chi connectivity index (χ0n) is 13.0. The maximum Gasteiger partial charge on any atom is 0.273 e. The van der Waals surface area contributed by atoms with Crippen molar-refractivity contribution in [3.63, 3.8) is 0 Å². The van der Waals surface area contributed by atoms with Gasteiger partial charge < -0.3 is 10.6 Å². The lowest BCUT2D eigenvalue weighted by Gasteiger charge is -2.34. The third kappa shape index (κ3) is 3.59. The number of nitrogens with two attached hydrogens (primary N) is 1. The smallest absolute Gasteiger partial charge is 0.273 e. The van der Waals surface area contributed by atoms with Gasteiger partial charge in [0.25, 0.3) is 5.91 Å². The van der Waals surface area contributed by atoms with E-state index in [2.05, 4.69) is 4.98 Å². The van der Waals surface area contributed by atoms with E-state index in [1.807, 2.05) is 11.8 Å². The first-order valence-electron chi connectivity index (χ1n) is 7.81. The fraction of sp³-hybridized carbons (Fsp3) is 0.412. The summed E-state index contributed by atoms with van der Waals surface area (Å²) in [6, 6.07) is 6.24. The molecule has 6 heteroatoms. The summed E-state index contributed by atoms with van der Waals surface area (Å²) < 4.78 is 13.0. The van der Waals surface area contributed by atoms with Crippen LogP contribution in [0.1, 0.15) is 30.3 Å². The summed E-state index contributed by atoms with van der Waals surface area (Å²) in [4.78, 5) is 18.9.